The van der Waals surface area contributed by atoms with Crippen LogP contribution in [0.5, 0.6) is 0 Å². The number of rotatable bonds is 6. The van der Waals surface area contributed by atoms with Gasteiger partial charge in [-0.3, -0.25) is 4.79 Å². The first-order chi connectivity index (χ1) is 9.53. The Bertz CT molecular complexity index is 507. The number of nitriles is 1. The number of nitrogens with two attached hydrogens (primary N) is 1. The van der Waals surface area contributed by atoms with Crippen molar-refractivity contribution >= 4 is 17.3 Å². The van der Waals surface area contributed by atoms with Crippen molar-refractivity contribution in [1.29, 1.82) is 5.26 Å². The van der Waals surface area contributed by atoms with Crippen LogP contribution in [0.4, 0.5) is 11.4 Å². The Kier molecular flexibility index (Phi) is 5.85. The Morgan fingerprint density at radius 1 is 1.50 bits per heavy atom. The number of hydrogen-bond donors (Lipinski definition) is 2. The lowest BCUT2D eigenvalue weighted by atomic mass is 10.1. The van der Waals surface area contributed by atoms with Gasteiger partial charge < -0.3 is 16.0 Å². The zero-order valence-electron chi connectivity index (χ0n) is 12.3. The number of carbonyl (C=O) groups is 1. The molecule has 5 heteroatoms. The van der Waals surface area contributed by atoms with Crippen molar-refractivity contribution < 1.29 is 4.79 Å². The van der Waals surface area contributed by atoms with E-state index in [4.69, 9.17) is 11.0 Å². The fraction of sp³-hybridized carbons (Fsp3) is 0.467. The van der Waals surface area contributed by atoms with Crippen LogP contribution in [0.1, 0.15) is 31.1 Å². The molecule has 1 atom stereocenters. The minimum atomic E-state index is -0.126. The second kappa shape index (κ2) is 7.39. The van der Waals surface area contributed by atoms with Gasteiger partial charge in [0.25, 0.3) is 5.91 Å². The van der Waals surface area contributed by atoms with Crippen LogP contribution in [-0.2, 0) is 0 Å². The molecule has 1 rings (SSSR count). The normalized spacial score (nSPS) is 11.5. The van der Waals surface area contributed by atoms with Gasteiger partial charge in [0.2, 0.25) is 0 Å². The maximum Gasteiger partial charge on any atom is 0.251 e. The first kappa shape index (κ1) is 15.8. The predicted octanol–water partition coefficient (Wildman–Crippen LogP) is 2.00. The van der Waals surface area contributed by atoms with Crippen molar-refractivity contribution in [3.8, 4) is 6.07 Å². The van der Waals surface area contributed by atoms with Crippen LogP contribution in [0, 0.1) is 17.2 Å². The molecule has 5 nitrogen and oxygen atoms in total. The summed E-state index contributed by atoms with van der Waals surface area (Å²) in [5.74, 6) is -0.198. The smallest absolute Gasteiger partial charge is 0.251 e. The second-order valence-corrected chi connectivity index (χ2v) is 4.70. The Morgan fingerprint density at radius 3 is 2.70 bits per heavy atom. The standard InChI is InChI=1S/C15H22N4O/c1-4-18-15(20)12-6-7-14(13(17)8-12)19(5-2)10-11(3)9-16/h6-8,11H,4-5,10,17H2,1-3H3,(H,18,20). The highest BCUT2D eigenvalue weighted by Crippen LogP contribution is 2.25. The molecular weight excluding hydrogens is 252 g/mol. The Labute approximate surface area is 120 Å². The van der Waals surface area contributed by atoms with Crippen LogP contribution in [0.3, 0.4) is 0 Å². The van der Waals surface area contributed by atoms with Crippen LogP contribution >= 0.6 is 0 Å². The van der Waals surface area contributed by atoms with Gasteiger partial charge in [0.15, 0.2) is 0 Å². The molecule has 1 unspecified atom stereocenters. The van der Waals surface area contributed by atoms with E-state index in [1.54, 1.807) is 12.1 Å². The summed E-state index contributed by atoms with van der Waals surface area (Å²) in [6.45, 7) is 7.73. The first-order valence-electron chi connectivity index (χ1n) is 6.85. The second-order valence-electron chi connectivity index (χ2n) is 4.70. The highest BCUT2D eigenvalue weighted by Gasteiger charge is 2.13. The van der Waals surface area contributed by atoms with E-state index in [0.29, 0.717) is 24.3 Å². The fourth-order valence-electron chi connectivity index (χ4n) is 2.02. The number of amides is 1. The SMILES string of the molecule is CCNC(=O)c1ccc(N(CC)CC(C)C#N)c(N)c1. The van der Waals surface area contributed by atoms with Crippen molar-refractivity contribution in [1.82, 2.24) is 5.32 Å². The van der Waals surface area contributed by atoms with Gasteiger partial charge in [0.1, 0.15) is 0 Å². The molecule has 1 amide bonds. The molecule has 0 radical (unpaired) electrons. The molecular formula is C15H22N4O. The van der Waals surface area contributed by atoms with Gasteiger partial charge in [-0.05, 0) is 39.0 Å². The Balaban J connectivity index is 2.96. The highest BCUT2D eigenvalue weighted by molar-refractivity contribution is 5.96. The molecule has 0 aromatic heterocycles. The van der Waals surface area contributed by atoms with E-state index in [-0.39, 0.29) is 11.8 Å². The van der Waals surface area contributed by atoms with E-state index in [1.807, 2.05) is 31.7 Å². The largest absolute Gasteiger partial charge is 0.397 e. The molecule has 1 aromatic rings. The third-order valence-electron chi connectivity index (χ3n) is 3.06. The van der Waals surface area contributed by atoms with Crippen LogP contribution in [0.2, 0.25) is 0 Å². The van der Waals surface area contributed by atoms with Gasteiger partial charge in [0, 0.05) is 25.2 Å². The molecule has 0 bridgehead atoms. The Hall–Kier alpha value is -2.22. The first-order valence-corrected chi connectivity index (χ1v) is 6.85. The summed E-state index contributed by atoms with van der Waals surface area (Å²) in [5, 5.41) is 11.7. The van der Waals surface area contributed by atoms with E-state index in [0.717, 1.165) is 12.2 Å². The predicted molar refractivity (Wildman–Crippen MR) is 81.5 cm³/mol. The van der Waals surface area contributed by atoms with Gasteiger partial charge in [-0.15, -0.1) is 0 Å². The molecule has 0 aliphatic rings. The highest BCUT2D eigenvalue weighted by atomic mass is 16.1. The summed E-state index contributed by atoms with van der Waals surface area (Å²) in [4.78, 5) is 13.8. The van der Waals surface area contributed by atoms with Crippen molar-refractivity contribution in [2.24, 2.45) is 5.92 Å². The fourth-order valence-corrected chi connectivity index (χ4v) is 2.02. The summed E-state index contributed by atoms with van der Waals surface area (Å²) in [6, 6.07) is 7.50. The van der Waals surface area contributed by atoms with Crippen LogP contribution in [-0.4, -0.2) is 25.5 Å². The molecule has 0 saturated carbocycles. The van der Waals surface area contributed by atoms with Crippen molar-refractivity contribution in [3.05, 3.63) is 23.8 Å². The molecule has 0 aliphatic carbocycles. The average Bonchev–Trinajstić information content (AvgIpc) is 2.45. The molecule has 20 heavy (non-hydrogen) atoms. The zero-order valence-corrected chi connectivity index (χ0v) is 12.3. The molecule has 0 spiro atoms. The molecule has 0 heterocycles. The minimum absolute atomic E-state index is 0.0718. The average molecular weight is 274 g/mol. The van der Waals surface area contributed by atoms with Crippen molar-refractivity contribution in [3.63, 3.8) is 0 Å². The Morgan fingerprint density at radius 2 is 2.20 bits per heavy atom. The van der Waals surface area contributed by atoms with E-state index in [9.17, 15) is 4.79 Å². The number of nitrogen functional groups attached to an aromatic ring is 1. The summed E-state index contributed by atoms with van der Waals surface area (Å²) in [6.07, 6.45) is 0. The molecule has 1 aromatic carbocycles. The summed E-state index contributed by atoms with van der Waals surface area (Å²) in [5.41, 5.74) is 8.02. The molecule has 0 aliphatic heterocycles. The van der Waals surface area contributed by atoms with E-state index < -0.39 is 0 Å². The van der Waals surface area contributed by atoms with E-state index >= 15 is 0 Å². The topological polar surface area (TPSA) is 82.2 Å². The van der Waals surface area contributed by atoms with Gasteiger partial charge in [0.05, 0.1) is 23.4 Å². The van der Waals surface area contributed by atoms with Gasteiger partial charge in [-0.2, -0.15) is 5.26 Å². The molecule has 108 valence electrons. The van der Waals surface area contributed by atoms with E-state index in [1.165, 1.54) is 0 Å². The van der Waals surface area contributed by atoms with Crippen LogP contribution < -0.4 is 16.0 Å². The third kappa shape index (κ3) is 3.89. The molecule has 3 N–H and O–H groups in total. The van der Waals surface area contributed by atoms with Gasteiger partial charge >= 0.3 is 0 Å². The van der Waals surface area contributed by atoms with Gasteiger partial charge in [-0.1, -0.05) is 0 Å². The van der Waals surface area contributed by atoms with Crippen LogP contribution in [0.25, 0.3) is 0 Å². The van der Waals surface area contributed by atoms with Crippen molar-refractivity contribution in [2.45, 2.75) is 20.8 Å². The maximum absolute atomic E-state index is 11.7. The number of nitrogens with one attached hydrogen (secondary N) is 1. The lowest BCUT2D eigenvalue weighted by Crippen LogP contribution is -2.29. The summed E-state index contributed by atoms with van der Waals surface area (Å²) in [7, 11) is 0. The lowest BCUT2D eigenvalue weighted by Gasteiger charge is -2.25. The summed E-state index contributed by atoms with van der Waals surface area (Å²) >= 11 is 0. The van der Waals surface area contributed by atoms with Crippen LogP contribution in [0.15, 0.2) is 18.2 Å². The molecule has 0 saturated heterocycles. The quantitative estimate of drug-likeness (QED) is 0.777. The third-order valence-corrected chi connectivity index (χ3v) is 3.06. The lowest BCUT2D eigenvalue weighted by molar-refractivity contribution is 0.0956. The van der Waals surface area contributed by atoms with Gasteiger partial charge in [-0.25, -0.2) is 0 Å². The number of anilines is 2. The zero-order chi connectivity index (χ0) is 15.1. The maximum atomic E-state index is 11.7. The summed E-state index contributed by atoms with van der Waals surface area (Å²) < 4.78 is 0. The number of carbonyl (C=O) groups excluding carboxylic acids is 1. The number of benzene rings is 1. The monoisotopic (exact) mass is 274 g/mol. The minimum Gasteiger partial charge on any atom is -0.397 e. The van der Waals surface area contributed by atoms with E-state index in [2.05, 4.69) is 11.4 Å². The van der Waals surface area contributed by atoms with Crippen molar-refractivity contribution in [2.75, 3.05) is 30.3 Å². The number of nitrogens with zero attached hydrogens (tertiary/aromatic N) is 2. The number of hydrogen-bond acceptors (Lipinski definition) is 4. The molecule has 0 fully saturated rings.